The topological polar surface area (TPSA) is 108 Å². The number of fused-ring (bicyclic) bond motifs is 2. The van der Waals surface area contributed by atoms with Gasteiger partial charge >= 0.3 is 5.97 Å². The number of nitrogens with zero attached hydrogens (tertiary/aromatic N) is 4. The molecule has 3 heterocycles. The monoisotopic (exact) mass is 563 g/mol. The predicted octanol–water partition coefficient (Wildman–Crippen LogP) is 6.03. The van der Waals surface area contributed by atoms with E-state index in [4.69, 9.17) is 9.47 Å². The van der Waals surface area contributed by atoms with Crippen LogP contribution in [0.4, 0.5) is 5.82 Å². The van der Waals surface area contributed by atoms with E-state index < -0.39 is 5.97 Å². The molecule has 10 heteroatoms. The van der Waals surface area contributed by atoms with Crippen molar-refractivity contribution >= 4 is 44.2 Å². The number of pyridine rings is 1. The Morgan fingerprint density at radius 1 is 0.976 bits per heavy atom. The third-order valence-electron chi connectivity index (χ3n) is 6.90. The second kappa shape index (κ2) is 10.8. The number of anilines is 1. The molecule has 0 saturated carbocycles. The summed E-state index contributed by atoms with van der Waals surface area (Å²) in [4.78, 5) is 40.8. The van der Waals surface area contributed by atoms with Crippen LogP contribution in [-0.2, 0) is 4.74 Å². The van der Waals surface area contributed by atoms with Gasteiger partial charge in [-0.05, 0) is 59.8 Å². The van der Waals surface area contributed by atoms with Crippen LogP contribution in [0, 0.1) is 0 Å². The number of rotatable bonds is 7. The van der Waals surface area contributed by atoms with Gasteiger partial charge in [-0.2, -0.15) is 0 Å². The van der Waals surface area contributed by atoms with Crippen molar-refractivity contribution in [1.29, 1.82) is 0 Å². The summed E-state index contributed by atoms with van der Waals surface area (Å²) in [6.45, 7) is 1.98. The summed E-state index contributed by atoms with van der Waals surface area (Å²) in [5.41, 5.74) is 5.35. The van der Waals surface area contributed by atoms with E-state index in [-0.39, 0.29) is 11.6 Å². The zero-order valence-electron chi connectivity index (χ0n) is 22.5. The van der Waals surface area contributed by atoms with Gasteiger partial charge in [0.1, 0.15) is 22.4 Å². The van der Waals surface area contributed by atoms with Crippen molar-refractivity contribution in [3.8, 4) is 22.6 Å². The van der Waals surface area contributed by atoms with Crippen molar-refractivity contribution in [1.82, 2.24) is 19.5 Å². The number of carbonyl (C=O) groups is 1. The minimum atomic E-state index is -0.492. The second-order valence-corrected chi connectivity index (χ2v) is 10.2. The van der Waals surface area contributed by atoms with Gasteiger partial charge in [0.05, 0.1) is 36.7 Å². The van der Waals surface area contributed by atoms with Crippen molar-refractivity contribution in [2.75, 3.05) is 19.5 Å². The molecular formula is C31H25N5O4S. The van der Waals surface area contributed by atoms with E-state index in [9.17, 15) is 9.59 Å². The average Bonchev–Trinajstić information content (AvgIpc) is 3.50. The van der Waals surface area contributed by atoms with E-state index in [1.165, 1.54) is 31.9 Å². The molecule has 41 heavy (non-hydrogen) atoms. The lowest BCUT2D eigenvalue weighted by molar-refractivity contribution is 0.0600. The fourth-order valence-corrected chi connectivity index (χ4v) is 5.60. The average molecular weight is 564 g/mol. The maximum atomic E-state index is 14.5. The number of benzene rings is 3. The van der Waals surface area contributed by atoms with Gasteiger partial charge in [-0.1, -0.05) is 36.4 Å². The molecule has 3 aromatic carbocycles. The summed E-state index contributed by atoms with van der Waals surface area (Å²) in [6, 6.07) is 22.0. The maximum absolute atomic E-state index is 14.5. The Balaban J connectivity index is 1.57. The number of carbonyl (C=O) groups excluding carboxylic acids is 1. The molecule has 6 rings (SSSR count). The molecule has 1 N–H and O–H groups in total. The van der Waals surface area contributed by atoms with E-state index in [1.807, 2.05) is 61.5 Å². The molecule has 6 aromatic rings. The highest BCUT2D eigenvalue weighted by Crippen LogP contribution is 2.33. The first-order valence-electron chi connectivity index (χ1n) is 12.8. The molecule has 0 amide bonds. The number of esters is 1. The van der Waals surface area contributed by atoms with Gasteiger partial charge < -0.3 is 14.8 Å². The third-order valence-corrected chi connectivity index (χ3v) is 7.63. The first-order chi connectivity index (χ1) is 20.0. The van der Waals surface area contributed by atoms with Crippen LogP contribution in [0.15, 0.2) is 89.4 Å². The molecule has 0 aliphatic heterocycles. The molecule has 3 aromatic heterocycles. The summed E-state index contributed by atoms with van der Waals surface area (Å²) in [6.07, 6.45) is 1.50. The molecule has 0 spiro atoms. The summed E-state index contributed by atoms with van der Waals surface area (Å²) in [7, 11) is 2.86. The van der Waals surface area contributed by atoms with Crippen molar-refractivity contribution in [2.24, 2.45) is 0 Å². The lowest BCUT2D eigenvalue weighted by Crippen LogP contribution is -2.26. The van der Waals surface area contributed by atoms with Crippen molar-refractivity contribution < 1.29 is 14.3 Å². The van der Waals surface area contributed by atoms with Crippen LogP contribution in [0.25, 0.3) is 37.9 Å². The lowest BCUT2D eigenvalue weighted by atomic mass is 9.96. The van der Waals surface area contributed by atoms with Crippen LogP contribution in [0.3, 0.4) is 0 Å². The summed E-state index contributed by atoms with van der Waals surface area (Å²) in [5, 5.41) is 4.71. The molecule has 204 valence electrons. The van der Waals surface area contributed by atoms with Crippen molar-refractivity contribution in [3.63, 3.8) is 0 Å². The summed E-state index contributed by atoms with van der Waals surface area (Å²) < 4.78 is 12.1. The van der Waals surface area contributed by atoms with Gasteiger partial charge in [-0.25, -0.2) is 19.7 Å². The first-order valence-corrected chi connectivity index (χ1v) is 13.7. The molecule has 1 atom stereocenters. The number of nitrogens with one attached hydrogen (secondary N) is 1. The molecule has 0 saturated heterocycles. The Morgan fingerprint density at radius 3 is 2.59 bits per heavy atom. The second-order valence-electron chi connectivity index (χ2n) is 9.35. The number of para-hydroxylation sites is 1. The number of thiazole rings is 1. The fourth-order valence-electron chi connectivity index (χ4n) is 4.97. The normalized spacial score (nSPS) is 11.9. The third kappa shape index (κ3) is 4.78. The van der Waals surface area contributed by atoms with Gasteiger partial charge in [0.25, 0.3) is 5.56 Å². The molecule has 0 unspecified atom stereocenters. The largest absolute Gasteiger partial charge is 0.497 e. The highest BCUT2D eigenvalue weighted by molar-refractivity contribution is 7.16. The molecule has 0 radical (unpaired) electrons. The smallest absolute Gasteiger partial charge is 0.338 e. The van der Waals surface area contributed by atoms with Gasteiger partial charge in [0, 0.05) is 11.4 Å². The van der Waals surface area contributed by atoms with E-state index in [0.717, 1.165) is 21.6 Å². The van der Waals surface area contributed by atoms with Crippen molar-refractivity contribution in [2.45, 2.75) is 13.0 Å². The molecular weight excluding hydrogens is 538 g/mol. The lowest BCUT2D eigenvalue weighted by Gasteiger charge is -2.22. The van der Waals surface area contributed by atoms with Crippen LogP contribution in [-0.4, -0.2) is 39.7 Å². The van der Waals surface area contributed by atoms with Gasteiger partial charge in [-0.3, -0.25) is 9.36 Å². The minimum absolute atomic E-state index is 0.197. The van der Waals surface area contributed by atoms with E-state index >= 15 is 0 Å². The SMILES string of the molecule is COC(=O)c1cc(OC)cc(-c2cccc3cc([C@H](C)Nc4ncnc5scnc45)n(-c4ccccc4)c(=O)c23)c1. The maximum Gasteiger partial charge on any atom is 0.338 e. The molecule has 0 bridgehead atoms. The molecule has 0 aliphatic carbocycles. The quantitative estimate of drug-likeness (QED) is 0.235. The summed E-state index contributed by atoms with van der Waals surface area (Å²) in [5.74, 6) is 0.584. The molecule has 0 aliphatic rings. The van der Waals surface area contributed by atoms with Crippen LogP contribution in [0.1, 0.15) is 29.0 Å². The van der Waals surface area contributed by atoms with Crippen molar-refractivity contribution in [3.05, 3.63) is 106 Å². The number of ether oxygens (including phenoxy) is 2. The Morgan fingerprint density at radius 2 is 1.80 bits per heavy atom. The first kappa shape index (κ1) is 26.1. The van der Waals surface area contributed by atoms with Gasteiger partial charge in [0.15, 0.2) is 5.82 Å². The standard InChI is InChI=1S/C31H25N5O4S/c1-18(35-28-27-29(33-16-32-28)41-17-34-27)25-15-19-8-7-11-24(20-12-21(31(38)40-3)14-23(13-20)39-2)26(19)30(37)36(25)22-9-5-4-6-10-22/h4-18H,1-3H3,(H,32,33,35)/t18-/m0/s1. The highest BCUT2D eigenvalue weighted by Gasteiger charge is 2.21. The number of aromatic nitrogens is 4. The number of hydrogen-bond acceptors (Lipinski definition) is 9. The van der Waals surface area contributed by atoms with E-state index in [2.05, 4.69) is 20.3 Å². The number of methoxy groups -OCH3 is 2. The van der Waals surface area contributed by atoms with Crippen LogP contribution in [0.2, 0.25) is 0 Å². The Labute approximate surface area is 239 Å². The van der Waals surface area contributed by atoms with Crippen LogP contribution >= 0.6 is 11.3 Å². The van der Waals surface area contributed by atoms with Crippen LogP contribution < -0.4 is 15.6 Å². The summed E-state index contributed by atoms with van der Waals surface area (Å²) >= 11 is 1.44. The van der Waals surface area contributed by atoms with E-state index in [0.29, 0.717) is 39.2 Å². The highest BCUT2D eigenvalue weighted by atomic mass is 32.1. The fraction of sp³-hybridized carbons (Fsp3) is 0.129. The van der Waals surface area contributed by atoms with Gasteiger partial charge in [-0.15, -0.1) is 11.3 Å². The van der Waals surface area contributed by atoms with Crippen LogP contribution in [0.5, 0.6) is 5.75 Å². The van der Waals surface area contributed by atoms with Gasteiger partial charge in [0.2, 0.25) is 0 Å². The van der Waals surface area contributed by atoms with E-state index in [1.54, 1.807) is 28.3 Å². The Bertz CT molecular complexity index is 1970. The Hall–Kier alpha value is -5.09. The molecule has 9 nitrogen and oxygen atoms in total. The Kier molecular flexibility index (Phi) is 6.90. The predicted molar refractivity (Wildman–Crippen MR) is 160 cm³/mol. The minimum Gasteiger partial charge on any atom is -0.497 e. The zero-order chi connectivity index (χ0) is 28.5. The zero-order valence-corrected chi connectivity index (χ0v) is 23.3. The number of hydrogen-bond donors (Lipinski definition) is 1. The molecule has 0 fully saturated rings.